The van der Waals surface area contributed by atoms with Gasteiger partial charge < -0.3 is 10.2 Å². The largest absolute Gasteiger partial charge is 0.333 e. The molecule has 1 aliphatic rings. The first-order chi connectivity index (χ1) is 11.1. The van der Waals surface area contributed by atoms with E-state index < -0.39 is 5.82 Å². The van der Waals surface area contributed by atoms with Crippen LogP contribution in [0.2, 0.25) is 0 Å². The Balaban J connectivity index is 0.00000208. The Bertz CT molecular complexity index is 721. The van der Waals surface area contributed by atoms with Crippen molar-refractivity contribution in [1.82, 2.24) is 10.2 Å². The minimum atomic E-state index is -0.553. The Morgan fingerprint density at radius 3 is 2.42 bits per heavy atom. The van der Waals surface area contributed by atoms with Crippen molar-refractivity contribution in [2.45, 2.75) is 13.0 Å². The molecule has 0 spiro atoms. The van der Waals surface area contributed by atoms with Crippen LogP contribution in [-0.4, -0.2) is 36.5 Å². The highest BCUT2D eigenvalue weighted by atomic mass is 35.5. The number of piperazine rings is 1. The van der Waals surface area contributed by atoms with Gasteiger partial charge in [-0.05, 0) is 42.3 Å². The zero-order valence-electron chi connectivity index (χ0n) is 13.3. The van der Waals surface area contributed by atoms with E-state index in [-0.39, 0.29) is 35.7 Å². The molecule has 1 amide bonds. The maximum Gasteiger partial charge on any atom is 0.257 e. The fraction of sp³-hybridized carbons (Fsp3) is 0.278. The van der Waals surface area contributed by atoms with Crippen LogP contribution in [-0.2, 0) is 0 Å². The number of benzene rings is 2. The minimum Gasteiger partial charge on any atom is -0.333 e. The second-order valence-electron chi connectivity index (χ2n) is 5.75. The van der Waals surface area contributed by atoms with E-state index >= 15 is 0 Å². The smallest absolute Gasteiger partial charge is 0.257 e. The van der Waals surface area contributed by atoms with Crippen LogP contribution >= 0.6 is 12.4 Å². The molecule has 1 N–H and O–H groups in total. The van der Waals surface area contributed by atoms with Crippen molar-refractivity contribution in [2.24, 2.45) is 0 Å². The molecule has 0 saturated carbocycles. The van der Waals surface area contributed by atoms with Gasteiger partial charge in [0.15, 0.2) is 0 Å². The molecular weight excluding hydrogens is 334 g/mol. The third kappa shape index (κ3) is 3.74. The molecule has 128 valence electrons. The van der Waals surface area contributed by atoms with E-state index in [0.717, 1.165) is 0 Å². The quantitative estimate of drug-likeness (QED) is 0.897. The predicted molar refractivity (Wildman–Crippen MR) is 92.4 cm³/mol. The second kappa shape index (κ2) is 7.73. The van der Waals surface area contributed by atoms with E-state index in [2.05, 4.69) is 5.32 Å². The lowest BCUT2D eigenvalue weighted by molar-refractivity contribution is 0.0651. The first-order valence-electron chi connectivity index (χ1n) is 7.63. The topological polar surface area (TPSA) is 32.3 Å². The highest BCUT2D eigenvalue weighted by Gasteiger charge is 2.26. The van der Waals surface area contributed by atoms with Gasteiger partial charge in [-0.15, -0.1) is 12.4 Å². The third-order valence-corrected chi connectivity index (χ3v) is 4.14. The van der Waals surface area contributed by atoms with Crippen molar-refractivity contribution < 1.29 is 13.6 Å². The summed E-state index contributed by atoms with van der Waals surface area (Å²) < 4.78 is 27.4. The molecule has 2 aromatic carbocycles. The predicted octanol–water partition coefficient (Wildman–Crippen LogP) is 3.49. The third-order valence-electron chi connectivity index (χ3n) is 4.14. The average molecular weight is 353 g/mol. The van der Waals surface area contributed by atoms with Crippen molar-refractivity contribution in [3.63, 3.8) is 0 Å². The van der Waals surface area contributed by atoms with Gasteiger partial charge in [-0.2, -0.15) is 0 Å². The van der Waals surface area contributed by atoms with Crippen LogP contribution in [0.25, 0.3) is 11.1 Å². The lowest BCUT2D eigenvalue weighted by atomic mass is 10.0. The van der Waals surface area contributed by atoms with Crippen molar-refractivity contribution in [1.29, 1.82) is 0 Å². The summed E-state index contributed by atoms with van der Waals surface area (Å²) in [7, 11) is 0. The molecule has 3 nitrogen and oxygen atoms in total. The van der Waals surface area contributed by atoms with Crippen LogP contribution in [0.1, 0.15) is 17.3 Å². The number of carbonyl (C=O) groups is 1. The number of rotatable bonds is 2. The van der Waals surface area contributed by atoms with Crippen LogP contribution in [0.3, 0.4) is 0 Å². The number of hydrogen-bond donors (Lipinski definition) is 1. The molecule has 2 aromatic rings. The molecule has 0 bridgehead atoms. The van der Waals surface area contributed by atoms with Crippen molar-refractivity contribution in [3.8, 4) is 11.1 Å². The number of carbonyl (C=O) groups excluding carboxylic acids is 1. The molecule has 0 radical (unpaired) electrons. The Kier molecular flexibility index (Phi) is 5.91. The van der Waals surface area contributed by atoms with Gasteiger partial charge in [0.05, 0.1) is 5.56 Å². The van der Waals surface area contributed by atoms with Gasteiger partial charge in [-0.25, -0.2) is 8.78 Å². The van der Waals surface area contributed by atoms with Crippen LogP contribution in [0.15, 0.2) is 42.5 Å². The molecule has 1 heterocycles. The van der Waals surface area contributed by atoms with Crippen LogP contribution < -0.4 is 5.32 Å². The van der Waals surface area contributed by atoms with E-state index in [0.29, 0.717) is 30.8 Å². The summed E-state index contributed by atoms with van der Waals surface area (Å²) in [6.07, 6.45) is 0. The molecule has 1 aliphatic heterocycles. The Morgan fingerprint density at radius 2 is 1.79 bits per heavy atom. The summed E-state index contributed by atoms with van der Waals surface area (Å²) in [5.74, 6) is -1.18. The standard InChI is InChI=1S/C18H18F2N2O.ClH/c1-12-11-21-8-9-22(12)18(23)16-7-4-14(10-17(16)20)13-2-5-15(19)6-3-13;/h2-7,10,12,21H,8-9,11H2,1H3;1H/t12-;/m0./s1. The molecule has 1 fully saturated rings. The number of hydrogen-bond acceptors (Lipinski definition) is 2. The molecule has 0 unspecified atom stereocenters. The molecule has 1 saturated heterocycles. The normalized spacial score (nSPS) is 17.3. The zero-order valence-corrected chi connectivity index (χ0v) is 14.1. The highest BCUT2D eigenvalue weighted by Crippen LogP contribution is 2.23. The molecule has 1 atom stereocenters. The highest BCUT2D eigenvalue weighted by molar-refractivity contribution is 5.95. The van der Waals surface area contributed by atoms with Gasteiger partial charge in [-0.1, -0.05) is 18.2 Å². The van der Waals surface area contributed by atoms with Crippen molar-refractivity contribution >= 4 is 18.3 Å². The van der Waals surface area contributed by atoms with Crippen LogP contribution in [0.4, 0.5) is 8.78 Å². The molecule has 24 heavy (non-hydrogen) atoms. The summed E-state index contributed by atoms with van der Waals surface area (Å²) >= 11 is 0. The number of amides is 1. The molecule has 3 rings (SSSR count). The van der Waals surface area contributed by atoms with E-state index in [1.54, 1.807) is 23.1 Å². The van der Waals surface area contributed by atoms with Gasteiger partial charge in [0.2, 0.25) is 0 Å². The first-order valence-corrected chi connectivity index (χ1v) is 7.63. The molecule has 6 heteroatoms. The number of nitrogens with zero attached hydrogens (tertiary/aromatic N) is 1. The van der Waals surface area contributed by atoms with E-state index in [4.69, 9.17) is 0 Å². The lowest BCUT2D eigenvalue weighted by Crippen LogP contribution is -2.52. The van der Waals surface area contributed by atoms with Crippen molar-refractivity contribution in [2.75, 3.05) is 19.6 Å². The van der Waals surface area contributed by atoms with Crippen molar-refractivity contribution in [3.05, 3.63) is 59.7 Å². The Morgan fingerprint density at radius 1 is 1.12 bits per heavy atom. The van der Waals surface area contributed by atoms with Gasteiger partial charge in [-0.3, -0.25) is 4.79 Å². The molecule has 0 aliphatic carbocycles. The SMILES string of the molecule is C[C@H]1CNCCN1C(=O)c1ccc(-c2ccc(F)cc2)cc1F.Cl. The van der Waals surface area contributed by atoms with Gasteiger partial charge >= 0.3 is 0 Å². The van der Waals surface area contributed by atoms with Crippen LogP contribution in [0, 0.1) is 11.6 Å². The van der Waals surface area contributed by atoms with Crippen LogP contribution in [0.5, 0.6) is 0 Å². The summed E-state index contributed by atoms with van der Waals surface area (Å²) in [5.41, 5.74) is 1.40. The Labute approximate surface area is 146 Å². The number of halogens is 3. The van der Waals surface area contributed by atoms with Gasteiger partial charge in [0.1, 0.15) is 11.6 Å². The molecule has 0 aromatic heterocycles. The summed E-state index contributed by atoms with van der Waals surface area (Å²) in [6.45, 7) is 3.93. The summed E-state index contributed by atoms with van der Waals surface area (Å²) in [6, 6.07) is 10.4. The maximum absolute atomic E-state index is 14.4. The summed E-state index contributed by atoms with van der Waals surface area (Å²) in [4.78, 5) is 14.2. The monoisotopic (exact) mass is 352 g/mol. The van der Waals surface area contributed by atoms with E-state index in [1.165, 1.54) is 24.3 Å². The maximum atomic E-state index is 14.4. The van der Waals surface area contributed by atoms with Gasteiger partial charge in [0, 0.05) is 25.7 Å². The number of nitrogens with one attached hydrogen (secondary N) is 1. The second-order valence-corrected chi connectivity index (χ2v) is 5.75. The zero-order chi connectivity index (χ0) is 16.4. The van der Waals surface area contributed by atoms with Gasteiger partial charge in [0.25, 0.3) is 5.91 Å². The average Bonchev–Trinajstić information content (AvgIpc) is 2.55. The van der Waals surface area contributed by atoms with E-state index in [9.17, 15) is 13.6 Å². The fourth-order valence-electron chi connectivity index (χ4n) is 2.81. The lowest BCUT2D eigenvalue weighted by Gasteiger charge is -2.34. The Hall–Kier alpha value is -1.98. The minimum absolute atomic E-state index is 0. The molecular formula is C18H19ClF2N2O. The first kappa shape index (κ1) is 18.4. The summed E-state index contributed by atoms with van der Waals surface area (Å²) in [5, 5.41) is 3.20. The van der Waals surface area contributed by atoms with E-state index in [1.807, 2.05) is 6.92 Å². The fourth-order valence-corrected chi connectivity index (χ4v) is 2.81.